The molecule has 0 N–H and O–H groups in total. The highest BCUT2D eigenvalue weighted by molar-refractivity contribution is 6.20. The van der Waals surface area contributed by atoms with E-state index >= 15 is 0 Å². The summed E-state index contributed by atoms with van der Waals surface area (Å²) in [4.78, 5) is 10.5. The molecule has 0 spiro atoms. The van der Waals surface area contributed by atoms with Gasteiger partial charge >= 0.3 is 0 Å². The van der Waals surface area contributed by atoms with Crippen molar-refractivity contribution in [2.75, 3.05) is 0 Å². The van der Waals surface area contributed by atoms with Crippen LogP contribution in [0.1, 0.15) is 30.0 Å². The third-order valence-corrected chi connectivity index (χ3v) is 3.29. The van der Waals surface area contributed by atoms with Crippen molar-refractivity contribution in [3.8, 4) is 0 Å². The lowest BCUT2D eigenvalue weighted by atomic mass is 10.2. The molecule has 1 heterocycles. The lowest BCUT2D eigenvalue weighted by Gasteiger charge is -2.02. The molecule has 0 aliphatic rings. The molecule has 1 aromatic carbocycles. The summed E-state index contributed by atoms with van der Waals surface area (Å²) in [7, 11) is 0. The van der Waals surface area contributed by atoms with Crippen molar-refractivity contribution in [2.24, 2.45) is 0 Å². The Labute approximate surface area is 115 Å². The van der Waals surface area contributed by atoms with Crippen LogP contribution in [0, 0.1) is 10.1 Å². The molecule has 0 saturated carbocycles. The number of para-hydroxylation sites is 1. The fourth-order valence-electron chi connectivity index (χ4n) is 1.74. The Kier molecular flexibility index (Phi) is 4.11. The molecule has 0 aliphatic heterocycles. The highest BCUT2D eigenvalue weighted by Crippen LogP contribution is 2.22. The van der Waals surface area contributed by atoms with E-state index in [1.165, 1.54) is 6.07 Å². The van der Waals surface area contributed by atoms with Crippen LogP contribution in [0.4, 0.5) is 5.69 Å². The van der Waals surface area contributed by atoms with Gasteiger partial charge in [-0.3, -0.25) is 10.1 Å². The summed E-state index contributed by atoms with van der Waals surface area (Å²) in [6.07, 6.45) is 2.48. The monoisotopic (exact) mass is 280 g/mol. The average molecular weight is 281 g/mol. The number of nitrogens with zero attached hydrogens (tertiary/aromatic N) is 4. The van der Waals surface area contributed by atoms with Gasteiger partial charge in [0, 0.05) is 6.07 Å². The first-order chi connectivity index (χ1) is 9.11. The lowest BCUT2D eigenvalue weighted by molar-refractivity contribution is -0.385. The summed E-state index contributed by atoms with van der Waals surface area (Å²) in [6, 6.07) is 6.58. The smallest absolute Gasteiger partial charge is 0.258 e. The lowest BCUT2D eigenvalue weighted by Crippen LogP contribution is -2.03. The Morgan fingerprint density at radius 1 is 1.47 bits per heavy atom. The normalized spacial score (nSPS) is 12.3. The number of nitro benzene ring substituents is 1. The maximum Gasteiger partial charge on any atom is 0.274 e. The van der Waals surface area contributed by atoms with Gasteiger partial charge in [-0.2, -0.15) is 0 Å². The fraction of sp³-hybridized carbons (Fsp3) is 0.333. The van der Waals surface area contributed by atoms with Crippen LogP contribution in [0.25, 0.3) is 0 Å². The molecule has 0 fully saturated rings. The van der Waals surface area contributed by atoms with Gasteiger partial charge in [0.1, 0.15) is 5.69 Å². The minimum atomic E-state index is -0.399. The fourth-order valence-corrected chi connectivity index (χ4v) is 1.84. The van der Waals surface area contributed by atoms with Gasteiger partial charge in [0.05, 0.1) is 28.6 Å². The molecule has 19 heavy (non-hydrogen) atoms. The van der Waals surface area contributed by atoms with E-state index in [4.69, 9.17) is 11.6 Å². The molecule has 6 nitrogen and oxygen atoms in total. The molecule has 0 aliphatic carbocycles. The van der Waals surface area contributed by atoms with Gasteiger partial charge in [-0.25, -0.2) is 4.68 Å². The number of hydrogen-bond acceptors (Lipinski definition) is 4. The maximum absolute atomic E-state index is 10.9. The SMILES string of the molecule is CCC(Cl)c1cn(Cc2ccccc2[N+](=O)[O-])nn1. The second kappa shape index (κ2) is 5.79. The second-order valence-corrected chi connectivity index (χ2v) is 4.63. The van der Waals surface area contributed by atoms with Gasteiger partial charge in [0.2, 0.25) is 0 Å². The van der Waals surface area contributed by atoms with E-state index in [-0.39, 0.29) is 11.1 Å². The molecule has 2 rings (SSSR count). The summed E-state index contributed by atoms with van der Waals surface area (Å²) in [5.41, 5.74) is 1.35. The van der Waals surface area contributed by atoms with E-state index in [0.717, 1.165) is 6.42 Å². The van der Waals surface area contributed by atoms with Gasteiger partial charge in [-0.05, 0) is 6.42 Å². The van der Waals surface area contributed by atoms with Crippen LogP contribution in [0.3, 0.4) is 0 Å². The summed E-state index contributed by atoms with van der Waals surface area (Å²) in [5, 5.41) is 18.6. The number of halogens is 1. The second-order valence-electron chi connectivity index (χ2n) is 4.10. The topological polar surface area (TPSA) is 73.8 Å². The van der Waals surface area contributed by atoms with Crippen LogP contribution in [0.15, 0.2) is 30.5 Å². The van der Waals surface area contributed by atoms with E-state index in [1.807, 2.05) is 6.92 Å². The van der Waals surface area contributed by atoms with Crippen molar-refractivity contribution < 1.29 is 4.92 Å². The molecule has 2 aromatic rings. The van der Waals surface area contributed by atoms with E-state index in [2.05, 4.69) is 10.3 Å². The van der Waals surface area contributed by atoms with E-state index in [0.29, 0.717) is 17.8 Å². The van der Waals surface area contributed by atoms with Crippen molar-refractivity contribution in [3.63, 3.8) is 0 Å². The third-order valence-electron chi connectivity index (χ3n) is 2.76. The predicted molar refractivity (Wildman–Crippen MR) is 71.1 cm³/mol. The Morgan fingerprint density at radius 2 is 2.21 bits per heavy atom. The minimum absolute atomic E-state index is 0.0810. The van der Waals surface area contributed by atoms with Gasteiger partial charge in [0.15, 0.2) is 0 Å². The zero-order valence-corrected chi connectivity index (χ0v) is 11.1. The molecule has 100 valence electrons. The highest BCUT2D eigenvalue weighted by Gasteiger charge is 2.15. The summed E-state index contributed by atoms with van der Waals surface area (Å²) < 4.78 is 1.56. The summed E-state index contributed by atoms with van der Waals surface area (Å²) in [5.74, 6) is 0. The van der Waals surface area contributed by atoms with E-state index in [9.17, 15) is 10.1 Å². The Hall–Kier alpha value is -1.95. The largest absolute Gasteiger partial charge is 0.274 e. The standard InChI is InChI=1S/C12H13ClN4O2/c1-2-10(13)11-8-16(15-14-11)7-9-5-3-4-6-12(9)17(18)19/h3-6,8,10H,2,7H2,1H3. The van der Waals surface area contributed by atoms with Crippen LogP contribution in [-0.4, -0.2) is 19.9 Å². The van der Waals surface area contributed by atoms with Gasteiger partial charge in [-0.15, -0.1) is 16.7 Å². The van der Waals surface area contributed by atoms with Crippen molar-refractivity contribution in [1.29, 1.82) is 0 Å². The summed E-state index contributed by atoms with van der Waals surface area (Å²) in [6.45, 7) is 2.26. The zero-order chi connectivity index (χ0) is 13.8. The molecule has 1 unspecified atom stereocenters. The number of nitro groups is 1. The van der Waals surface area contributed by atoms with E-state index < -0.39 is 4.92 Å². The number of rotatable bonds is 5. The van der Waals surface area contributed by atoms with Crippen LogP contribution in [-0.2, 0) is 6.54 Å². The van der Waals surface area contributed by atoms with Crippen molar-refractivity contribution >= 4 is 17.3 Å². The quantitative estimate of drug-likeness (QED) is 0.479. The van der Waals surface area contributed by atoms with Crippen LogP contribution < -0.4 is 0 Å². The van der Waals surface area contributed by atoms with E-state index in [1.54, 1.807) is 29.1 Å². The number of aromatic nitrogens is 3. The van der Waals surface area contributed by atoms with Gasteiger partial charge < -0.3 is 0 Å². The molecule has 0 bridgehead atoms. The first-order valence-electron chi connectivity index (χ1n) is 5.88. The Balaban J connectivity index is 2.22. The molecular weight excluding hydrogens is 268 g/mol. The Bertz CT molecular complexity index is 585. The molecule has 0 radical (unpaired) electrons. The Morgan fingerprint density at radius 3 is 2.89 bits per heavy atom. The molecule has 0 saturated heterocycles. The predicted octanol–water partition coefficient (Wildman–Crippen LogP) is 2.92. The van der Waals surface area contributed by atoms with Crippen molar-refractivity contribution in [1.82, 2.24) is 15.0 Å². The van der Waals surface area contributed by atoms with Crippen LogP contribution >= 0.6 is 11.6 Å². The zero-order valence-electron chi connectivity index (χ0n) is 10.4. The first kappa shape index (κ1) is 13.5. The molecule has 1 atom stereocenters. The minimum Gasteiger partial charge on any atom is -0.258 e. The number of benzene rings is 1. The van der Waals surface area contributed by atoms with Crippen LogP contribution in [0.5, 0.6) is 0 Å². The van der Waals surface area contributed by atoms with Crippen molar-refractivity contribution in [3.05, 3.63) is 51.8 Å². The van der Waals surface area contributed by atoms with Gasteiger partial charge in [-0.1, -0.05) is 30.3 Å². The molecule has 7 heteroatoms. The number of alkyl halides is 1. The molecular formula is C12H13ClN4O2. The highest BCUT2D eigenvalue weighted by atomic mass is 35.5. The van der Waals surface area contributed by atoms with Crippen LogP contribution in [0.2, 0.25) is 0 Å². The molecule has 1 aromatic heterocycles. The molecule has 0 amide bonds. The summed E-state index contributed by atoms with van der Waals surface area (Å²) >= 11 is 6.06. The first-order valence-corrected chi connectivity index (χ1v) is 6.32. The van der Waals surface area contributed by atoms with Gasteiger partial charge in [0.25, 0.3) is 5.69 Å². The average Bonchev–Trinajstić information content (AvgIpc) is 2.86. The number of hydrogen-bond donors (Lipinski definition) is 0. The third kappa shape index (κ3) is 3.08. The maximum atomic E-state index is 10.9. The van der Waals surface area contributed by atoms with Crippen molar-refractivity contribution in [2.45, 2.75) is 25.3 Å².